The topological polar surface area (TPSA) is 77.2 Å². The van der Waals surface area contributed by atoms with Crippen LogP contribution in [0.2, 0.25) is 0 Å². The highest BCUT2D eigenvalue weighted by Crippen LogP contribution is 2.42. The van der Waals surface area contributed by atoms with E-state index in [1.165, 1.54) is 0 Å². The number of nitrogens with zero attached hydrogens (tertiary/aromatic N) is 2. The predicted molar refractivity (Wildman–Crippen MR) is 66.3 cm³/mol. The largest absolute Gasteiger partial charge is 0.370 e. The number of methoxy groups -OCH3 is 1. The number of carbonyl (C=O) groups excluding carboxylic acids is 1. The first-order valence-corrected chi connectivity index (χ1v) is 6.89. The van der Waals surface area contributed by atoms with Crippen LogP contribution in [-0.4, -0.2) is 29.2 Å². The third-order valence-electron chi connectivity index (χ3n) is 4.17. The lowest BCUT2D eigenvalue weighted by atomic mass is 9.79. The quantitative estimate of drug-likeness (QED) is 0.888. The van der Waals surface area contributed by atoms with Gasteiger partial charge in [-0.2, -0.15) is 4.98 Å². The third kappa shape index (κ3) is 2.36. The highest BCUT2D eigenvalue weighted by molar-refractivity contribution is 5.76. The number of ether oxygens (including phenoxy) is 1. The lowest BCUT2D eigenvalue weighted by Crippen LogP contribution is -2.40. The Balaban J connectivity index is 1.66. The Morgan fingerprint density at radius 3 is 2.95 bits per heavy atom. The Morgan fingerprint density at radius 1 is 1.47 bits per heavy atom. The molecular weight excluding hydrogens is 246 g/mol. The van der Waals surface area contributed by atoms with Crippen molar-refractivity contribution in [1.82, 2.24) is 15.5 Å². The van der Waals surface area contributed by atoms with Crippen molar-refractivity contribution in [3.8, 4) is 0 Å². The van der Waals surface area contributed by atoms with Crippen molar-refractivity contribution in [1.29, 1.82) is 0 Å². The van der Waals surface area contributed by atoms with Crippen molar-refractivity contribution in [2.45, 2.75) is 56.6 Å². The molecular formula is C13H19N3O3. The van der Waals surface area contributed by atoms with Crippen LogP contribution in [0.3, 0.4) is 0 Å². The molecule has 2 fully saturated rings. The van der Waals surface area contributed by atoms with E-state index >= 15 is 0 Å². The summed E-state index contributed by atoms with van der Waals surface area (Å²) in [5.41, 5.74) is -0.336. The van der Waals surface area contributed by atoms with Gasteiger partial charge in [0, 0.05) is 26.0 Å². The standard InChI is InChI=1S/C13H19N3O3/c1-18-13(6-3-7-13)12-15-11(19-16-12)8-9-4-2-5-10(17)14-9/h9H,2-8H2,1H3,(H,14,17). The SMILES string of the molecule is COC1(c2noc(CC3CCCC(=O)N3)n2)CCC1. The first kappa shape index (κ1) is 12.6. The fourth-order valence-corrected chi connectivity index (χ4v) is 2.78. The second kappa shape index (κ2) is 4.92. The molecule has 1 aliphatic heterocycles. The van der Waals surface area contributed by atoms with Gasteiger partial charge in [0.15, 0.2) is 0 Å². The summed E-state index contributed by atoms with van der Waals surface area (Å²) in [4.78, 5) is 15.8. The molecule has 19 heavy (non-hydrogen) atoms. The van der Waals surface area contributed by atoms with Crippen LogP contribution in [0.25, 0.3) is 0 Å². The molecule has 0 radical (unpaired) electrons. The van der Waals surface area contributed by atoms with E-state index in [2.05, 4.69) is 15.5 Å². The lowest BCUT2D eigenvalue weighted by molar-refractivity contribution is -0.123. The van der Waals surface area contributed by atoms with Gasteiger partial charge in [-0.1, -0.05) is 5.16 Å². The van der Waals surface area contributed by atoms with Crippen molar-refractivity contribution in [3.63, 3.8) is 0 Å². The molecule has 2 aliphatic rings. The first-order chi connectivity index (χ1) is 9.22. The van der Waals surface area contributed by atoms with Gasteiger partial charge in [-0.3, -0.25) is 4.79 Å². The van der Waals surface area contributed by atoms with Crippen LogP contribution in [0.4, 0.5) is 0 Å². The molecule has 1 amide bonds. The molecule has 0 spiro atoms. The maximum atomic E-state index is 11.3. The Labute approximate surface area is 111 Å². The molecule has 1 N–H and O–H groups in total. The molecule has 0 aromatic carbocycles. The van der Waals surface area contributed by atoms with E-state index in [0.717, 1.165) is 32.1 Å². The van der Waals surface area contributed by atoms with Gasteiger partial charge in [-0.25, -0.2) is 0 Å². The van der Waals surface area contributed by atoms with Crippen LogP contribution in [0.1, 0.15) is 50.2 Å². The van der Waals surface area contributed by atoms with Crippen molar-refractivity contribution in [2.24, 2.45) is 0 Å². The van der Waals surface area contributed by atoms with Crippen molar-refractivity contribution in [3.05, 3.63) is 11.7 Å². The van der Waals surface area contributed by atoms with Gasteiger partial charge in [0.1, 0.15) is 5.60 Å². The monoisotopic (exact) mass is 265 g/mol. The number of hydrogen-bond acceptors (Lipinski definition) is 5. The number of hydrogen-bond donors (Lipinski definition) is 1. The molecule has 3 rings (SSSR count). The summed E-state index contributed by atoms with van der Waals surface area (Å²) in [5, 5.41) is 7.00. The lowest BCUT2D eigenvalue weighted by Gasteiger charge is -2.37. The van der Waals surface area contributed by atoms with E-state index in [0.29, 0.717) is 24.6 Å². The molecule has 1 aromatic heterocycles. The van der Waals surface area contributed by atoms with Gasteiger partial charge in [0.25, 0.3) is 0 Å². The molecule has 1 unspecified atom stereocenters. The van der Waals surface area contributed by atoms with Gasteiger partial charge < -0.3 is 14.6 Å². The summed E-state index contributed by atoms with van der Waals surface area (Å²) >= 11 is 0. The number of carbonyl (C=O) groups is 1. The van der Waals surface area contributed by atoms with Gasteiger partial charge >= 0.3 is 0 Å². The number of nitrogens with one attached hydrogen (secondary N) is 1. The van der Waals surface area contributed by atoms with E-state index in [4.69, 9.17) is 9.26 Å². The highest BCUT2D eigenvalue weighted by Gasteiger charge is 2.43. The molecule has 1 atom stereocenters. The van der Waals surface area contributed by atoms with Crippen LogP contribution in [0.5, 0.6) is 0 Å². The Kier molecular flexibility index (Phi) is 3.26. The average molecular weight is 265 g/mol. The molecule has 1 saturated carbocycles. The summed E-state index contributed by atoms with van der Waals surface area (Å²) in [7, 11) is 1.69. The zero-order chi connectivity index (χ0) is 13.3. The minimum absolute atomic E-state index is 0.114. The van der Waals surface area contributed by atoms with Crippen LogP contribution >= 0.6 is 0 Å². The van der Waals surface area contributed by atoms with E-state index in [-0.39, 0.29) is 17.6 Å². The van der Waals surface area contributed by atoms with E-state index in [1.807, 2.05) is 0 Å². The molecule has 1 aromatic rings. The average Bonchev–Trinajstić information content (AvgIpc) is 2.77. The van der Waals surface area contributed by atoms with Crippen molar-refractivity contribution in [2.75, 3.05) is 7.11 Å². The second-order valence-corrected chi connectivity index (χ2v) is 5.42. The Hall–Kier alpha value is -1.43. The highest BCUT2D eigenvalue weighted by atomic mass is 16.5. The van der Waals surface area contributed by atoms with E-state index in [9.17, 15) is 4.79 Å². The fourth-order valence-electron chi connectivity index (χ4n) is 2.78. The zero-order valence-electron chi connectivity index (χ0n) is 11.1. The Bertz CT molecular complexity index is 462. The molecule has 1 saturated heterocycles. The van der Waals surface area contributed by atoms with Crippen molar-refractivity contribution < 1.29 is 14.1 Å². The van der Waals surface area contributed by atoms with E-state index < -0.39 is 0 Å². The summed E-state index contributed by atoms with van der Waals surface area (Å²) in [5.74, 6) is 1.35. The zero-order valence-corrected chi connectivity index (χ0v) is 11.1. The number of aromatic nitrogens is 2. The van der Waals surface area contributed by atoms with Crippen LogP contribution in [-0.2, 0) is 21.6 Å². The van der Waals surface area contributed by atoms with Crippen LogP contribution < -0.4 is 5.32 Å². The fraction of sp³-hybridized carbons (Fsp3) is 0.769. The Morgan fingerprint density at radius 2 is 2.32 bits per heavy atom. The van der Waals surface area contributed by atoms with Gasteiger partial charge in [0.05, 0.1) is 0 Å². The molecule has 104 valence electrons. The minimum atomic E-state index is -0.336. The predicted octanol–water partition coefficient (Wildman–Crippen LogP) is 1.31. The normalized spacial score (nSPS) is 25.7. The molecule has 1 aliphatic carbocycles. The van der Waals surface area contributed by atoms with Crippen LogP contribution in [0.15, 0.2) is 4.52 Å². The number of piperidine rings is 1. The molecule has 2 heterocycles. The minimum Gasteiger partial charge on any atom is -0.370 e. The van der Waals surface area contributed by atoms with Gasteiger partial charge in [-0.05, 0) is 32.1 Å². The maximum absolute atomic E-state index is 11.3. The molecule has 0 bridgehead atoms. The first-order valence-electron chi connectivity index (χ1n) is 6.89. The maximum Gasteiger partial charge on any atom is 0.228 e. The summed E-state index contributed by atoms with van der Waals surface area (Å²) in [6, 6.07) is 0.120. The summed E-state index contributed by atoms with van der Waals surface area (Å²) in [6.45, 7) is 0. The number of rotatable bonds is 4. The van der Waals surface area contributed by atoms with Crippen LogP contribution in [0, 0.1) is 0 Å². The molecule has 6 heteroatoms. The van der Waals surface area contributed by atoms with Crippen molar-refractivity contribution >= 4 is 5.91 Å². The third-order valence-corrected chi connectivity index (χ3v) is 4.17. The smallest absolute Gasteiger partial charge is 0.228 e. The van der Waals surface area contributed by atoms with Gasteiger partial charge in [-0.15, -0.1) is 0 Å². The van der Waals surface area contributed by atoms with E-state index in [1.54, 1.807) is 7.11 Å². The molecule has 6 nitrogen and oxygen atoms in total. The second-order valence-electron chi connectivity index (χ2n) is 5.42. The van der Waals surface area contributed by atoms with Gasteiger partial charge in [0.2, 0.25) is 17.6 Å². The summed E-state index contributed by atoms with van der Waals surface area (Å²) in [6.07, 6.45) is 6.16. The summed E-state index contributed by atoms with van der Waals surface area (Å²) < 4.78 is 10.8. The number of amides is 1.